The van der Waals surface area contributed by atoms with Crippen LogP contribution in [0.25, 0.3) is 0 Å². The summed E-state index contributed by atoms with van der Waals surface area (Å²) in [5.74, 6) is 0.514. The second-order valence-electron chi connectivity index (χ2n) is 5.77. The molecule has 1 aromatic carbocycles. The van der Waals surface area contributed by atoms with Gasteiger partial charge in [0, 0.05) is 13.1 Å². The average molecular weight is 301 g/mol. The Morgan fingerprint density at radius 1 is 1.29 bits per heavy atom. The highest BCUT2D eigenvalue weighted by atomic mass is 19.4. The van der Waals surface area contributed by atoms with Crippen LogP contribution in [0.1, 0.15) is 30.4 Å². The van der Waals surface area contributed by atoms with Crippen LogP contribution < -0.4 is 0 Å². The summed E-state index contributed by atoms with van der Waals surface area (Å²) in [6, 6.07) is 5.63. The molecule has 0 saturated carbocycles. The van der Waals surface area contributed by atoms with Gasteiger partial charge in [-0.05, 0) is 49.8 Å². The van der Waals surface area contributed by atoms with Gasteiger partial charge < -0.3 is 10.0 Å². The average Bonchev–Trinajstić information content (AvgIpc) is 2.45. The van der Waals surface area contributed by atoms with Crippen molar-refractivity contribution in [3.63, 3.8) is 0 Å². The Kier molecular flexibility index (Phi) is 5.65. The van der Waals surface area contributed by atoms with E-state index in [9.17, 15) is 13.2 Å². The van der Waals surface area contributed by atoms with Crippen molar-refractivity contribution in [2.75, 3.05) is 26.2 Å². The topological polar surface area (TPSA) is 23.5 Å². The Bertz CT molecular complexity index is 445. The third-order valence-corrected chi connectivity index (χ3v) is 4.11. The molecule has 0 unspecified atom stereocenters. The number of hydrogen-bond acceptors (Lipinski definition) is 2. The van der Waals surface area contributed by atoms with E-state index in [1.54, 1.807) is 6.07 Å². The third kappa shape index (κ3) is 5.00. The Hall–Kier alpha value is -1.07. The number of hydrogen-bond donors (Lipinski definition) is 1. The number of piperidine rings is 1. The van der Waals surface area contributed by atoms with Gasteiger partial charge in [0.1, 0.15) is 0 Å². The molecule has 0 radical (unpaired) electrons. The fourth-order valence-electron chi connectivity index (χ4n) is 3.01. The number of aliphatic hydroxyl groups is 1. The molecule has 2 rings (SSSR count). The molecule has 5 heteroatoms. The zero-order valence-electron chi connectivity index (χ0n) is 12.1. The summed E-state index contributed by atoms with van der Waals surface area (Å²) in [6.07, 6.45) is -0.447. The first-order valence-electron chi connectivity index (χ1n) is 7.48. The monoisotopic (exact) mass is 301 g/mol. The Balaban J connectivity index is 1.88. The predicted octanol–water partition coefficient (Wildman–Crippen LogP) is 3.34. The van der Waals surface area contributed by atoms with Crippen molar-refractivity contribution in [3.8, 4) is 0 Å². The number of aryl methyl sites for hydroxylation is 1. The van der Waals surface area contributed by atoms with Crippen LogP contribution in [0.3, 0.4) is 0 Å². The summed E-state index contributed by atoms with van der Waals surface area (Å²) in [5.41, 5.74) is 0.189. The number of benzene rings is 1. The number of halogens is 3. The number of nitrogens with zero attached hydrogens (tertiary/aromatic N) is 1. The van der Waals surface area contributed by atoms with E-state index in [0.29, 0.717) is 18.9 Å². The van der Waals surface area contributed by atoms with Crippen molar-refractivity contribution in [1.82, 2.24) is 4.90 Å². The number of likely N-dealkylation sites (tertiary alicyclic amines) is 1. The largest absolute Gasteiger partial charge is 0.416 e. The lowest BCUT2D eigenvalue weighted by Gasteiger charge is -2.32. The maximum atomic E-state index is 12.7. The van der Waals surface area contributed by atoms with E-state index in [1.165, 1.54) is 12.1 Å². The highest BCUT2D eigenvalue weighted by molar-refractivity contribution is 5.25. The number of β-amino-alcohol motifs (C(OH)–C–C–N with tert-alkyl or cyclic N) is 1. The van der Waals surface area contributed by atoms with Gasteiger partial charge in [-0.2, -0.15) is 13.2 Å². The maximum Gasteiger partial charge on any atom is 0.416 e. The molecule has 1 N–H and O–H groups in total. The van der Waals surface area contributed by atoms with Crippen LogP contribution in [0.4, 0.5) is 13.2 Å². The van der Waals surface area contributed by atoms with E-state index < -0.39 is 11.7 Å². The van der Waals surface area contributed by atoms with E-state index in [0.717, 1.165) is 44.0 Å². The molecule has 1 heterocycles. The second kappa shape index (κ2) is 7.27. The van der Waals surface area contributed by atoms with E-state index in [1.807, 2.05) is 0 Å². The van der Waals surface area contributed by atoms with Gasteiger partial charge in [-0.25, -0.2) is 0 Å². The van der Waals surface area contributed by atoms with Gasteiger partial charge >= 0.3 is 6.18 Å². The summed E-state index contributed by atoms with van der Waals surface area (Å²) in [4.78, 5) is 2.24. The first kappa shape index (κ1) is 16.3. The lowest BCUT2D eigenvalue weighted by Crippen LogP contribution is -2.37. The number of rotatable bonds is 5. The fraction of sp³-hybridized carbons (Fsp3) is 0.625. The molecule has 1 fully saturated rings. The molecule has 1 aromatic rings. The van der Waals surface area contributed by atoms with Crippen LogP contribution >= 0.6 is 0 Å². The van der Waals surface area contributed by atoms with E-state index in [-0.39, 0.29) is 6.61 Å². The summed E-state index contributed by atoms with van der Waals surface area (Å²) >= 11 is 0. The summed E-state index contributed by atoms with van der Waals surface area (Å²) in [7, 11) is 0. The van der Waals surface area contributed by atoms with Crippen molar-refractivity contribution in [3.05, 3.63) is 35.4 Å². The van der Waals surface area contributed by atoms with Gasteiger partial charge in [0.05, 0.1) is 12.2 Å². The summed E-state index contributed by atoms with van der Waals surface area (Å²) < 4.78 is 38.0. The van der Waals surface area contributed by atoms with Crippen molar-refractivity contribution in [2.45, 2.75) is 31.9 Å². The first-order chi connectivity index (χ1) is 9.99. The summed E-state index contributed by atoms with van der Waals surface area (Å²) in [5, 5.41) is 8.97. The number of aliphatic hydroxyl groups excluding tert-OH is 1. The molecule has 0 bridgehead atoms. The van der Waals surface area contributed by atoms with Crippen LogP contribution in [0.5, 0.6) is 0 Å². The minimum Gasteiger partial charge on any atom is -0.395 e. The lowest BCUT2D eigenvalue weighted by molar-refractivity contribution is -0.137. The molecule has 0 aliphatic carbocycles. The molecule has 0 amide bonds. The van der Waals surface area contributed by atoms with Gasteiger partial charge in [-0.15, -0.1) is 0 Å². The number of alkyl halides is 3. The van der Waals surface area contributed by atoms with Gasteiger partial charge in [-0.1, -0.05) is 18.2 Å². The van der Waals surface area contributed by atoms with Crippen LogP contribution in [-0.2, 0) is 12.6 Å². The maximum absolute atomic E-state index is 12.7. The molecule has 21 heavy (non-hydrogen) atoms. The van der Waals surface area contributed by atoms with Crippen molar-refractivity contribution in [2.24, 2.45) is 5.92 Å². The molecule has 118 valence electrons. The molecular formula is C16H22F3NO. The van der Waals surface area contributed by atoms with Gasteiger partial charge in [0.15, 0.2) is 0 Å². The predicted molar refractivity (Wildman–Crippen MR) is 76.0 cm³/mol. The van der Waals surface area contributed by atoms with Crippen molar-refractivity contribution >= 4 is 0 Å². The molecule has 2 nitrogen and oxygen atoms in total. The van der Waals surface area contributed by atoms with Gasteiger partial charge in [0.2, 0.25) is 0 Å². The minimum atomic E-state index is -4.27. The third-order valence-electron chi connectivity index (χ3n) is 4.11. The highest BCUT2D eigenvalue weighted by Gasteiger charge is 2.30. The quantitative estimate of drug-likeness (QED) is 0.901. The normalized spacial score (nSPS) is 20.7. The minimum absolute atomic E-state index is 0.167. The SMILES string of the molecule is OCCN1CCC[C@@H](CCc2cccc(C(F)(F)F)c2)C1. The molecule has 1 aliphatic rings. The van der Waals surface area contributed by atoms with E-state index in [2.05, 4.69) is 4.90 Å². The molecule has 1 aliphatic heterocycles. The van der Waals surface area contributed by atoms with Gasteiger partial charge in [0.25, 0.3) is 0 Å². The molecular weight excluding hydrogens is 279 g/mol. The fourth-order valence-corrected chi connectivity index (χ4v) is 3.01. The molecule has 0 aromatic heterocycles. The summed E-state index contributed by atoms with van der Waals surface area (Å²) in [6.45, 7) is 2.82. The smallest absolute Gasteiger partial charge is 0.395 e. The van der Waals surface area contributed by atoms with E-state index >= 15 is 0 Å². The van der Waals surface area contributed by atoms with Crippen molar-refractivity contribution in [1.29, 1.82) is 0 Å². The van der Waals surface area contributed by atoms with Gasteiger partial charge in [-0.3, -0.25) is 0 Å². The molecule has 1 saturated heterocycles. The van der Waals surface area contributed by atoms with Crippen molar-refractivity contribution < 1.29 is 18.3 Å². The second-order valence-corrected chi connectivity index (χ2v) is 5.77. The van der Waals surface area contributed by atoms with Crippen LogP contribution in [0.15, 0.2) is 24.3 Å². The zero-order chi connectivity index (χ0) is 15.3. The Morgan fingerprint density at radius 3 is 2.81 bits per heavy atom. The lowest BCUT2D eigenvalue weighted by atomic mass is 9.91. The molecule has 1 atom stereocenters. The van der Waals surface area contributed by atoms with E-state index in [4.69, 9.17) is 5.11 Å². The zero-order valence-corrected chi connectivity index (χ0v) is 12.1. The standard InChI is InChI=1S/C16H22F3NO/c17-16(18,19)15-5-1-3-13(11-15)6-7-14-4-2-8-20(12-14)9-10-21/h1,3,5,11,14,21H,2,4,6-10,12H2/t14-/m0/s1. The van der Waals surface area contributed by atoms with Crippen LogP contribution in [-0.4, -0.2) is 36.2 Å². The van der Waals surface area contributed by atoms with Crippen LogP contribution in [0, 0.1) is 5.92 Å². The highest BCUT2D eigenvalue weighted by Crippen LogP contribution is 2.30. The Morgan fingerprint density at radius 2 is 2.10 bits per heavy atom. The molecule has 0 spiro atoms. The Labute approximate surface area is 123 Å². The first-order valence-corrected chi connectivity index (χ1v) is 7.48. The van der Waals surface area contributed by atoms with Crippen LogP contribution in [0.2, 0.25) is 0 Å².